The van der Waals surface area contributed by atoms with Crippen molar-refractivity contribution in [1.29, 1.82) is 0 Å². The molecule has 0 aliphatic heterocycles. The van der Waals surface area contributed by atoms with Crippen LogP contribution in [0.2, 0.25) is 0 Å². The lowest BCUT2D eigenvalue weighted by Crippen LogP contribution is -2.45. The Labute approximate surface area is 65.4 Å². The third kappa shape index (κ3) is 3.22. The van der Waals surface area contributed by atoms with Crippen LogP contribution in [-0.4, -0.2) is 29.2 Å². The summed E-state index contributed by atoms with van der Waals surface area (Å²) in [4.78, 5) is 20.1. The average Bonchev–Trinajstić information content (AvgIpc) is 1.85. The van der Waals surface area contributed by atoms with Gasteiger partial charge < -0.3 is 10.4 Å². The lowest BCUT2D eigenvalue weighted by atomic mass is 10.3. The van der Waals surface area contributed by atoms with Gasteiger partial charge in [0.25, 0.3) is 0 Å². The smallest absolute Gasteiger partial charge is 0.471 e. The van der Waals surface area contributed by atoms with E-state index in [1.54, 1.807) is 0 Å². The molecule has 4 nitrogen and oxygen atoms in total. The van der Waals surface area contributed by atoms with Gasteiger partial charge in [-0.05, 0) is 6.92 Å². The second-order valence-electron chi connectivity index (χ2n) is 2.03. The molecule has 0 aliphatic carbocycles. The Morgan fingerprint density at radius 2 is 1.83 bits per heavy atom. The molecule has 7 heteroatoms. The number of hydrogen-bond acceptors (Lipinski definition) is 2. The Morgan fingerprint density at radius 1 is 1.42 bits per heavy atom. The van der Waals surface area contributed by atoms with Crippen molar-refractivity contribution in [2.75, 3.05) is 0 Å². The number of nitrogens with one attached hydrogen (secondary N) is 1. The van der Waals surface area contributed by atoms with Gasteiger partial charge in [-0.15, -0.1) is 0 Å². The van der Waals surface area contributed by atoms with Gasteiger partial charge in [-0.1, -0.05) is 0 Å². The van der Waals surface area contributed by atoms with Gasteiger partial charge in [0.15, 0.2) is 0 Å². The van der Waals surface area contributed by atoms with E-state index in [9.17, 15) is 22.8 Å². The van der Waals surface area contributed by atoms with Crippen molar-refractivity contribution in [3.8, 4) is 0 Å². The van der Waals surface area contributed by atoms with Crippen LogP contribution in [0.15, 0.2) is 0 Å². The second-order valence-corrected chi connectivity index (χ2v) is 2.03. The third-order valence-electron chi connectivity index (χ3n) is 0.975. The highest BCUT2D eigenvalue weighted by atomic mass is 19.4. The van der Waals surface area contributed by atoms with E-state index in [1.165, 1.54) is 5.32 Å². The topological polar surface area (TPSA) is 66.4 Å². The predicted octanol–water partition coefficient (Wildman–Crippen LogP) is 0.138. The van der Waals surface area contributed by atoms with Crippen molar-refractivity contribution >= 4 is 11.9 Å². The van der Waals surface area contributed by atoms with E-state index >= 15 is 0 Å². The van der Waals surface area contributed by atoms with Gasteiger partial charge in [0, 0.05) is 0 Å². The molecular formula is C5H6F3NO3. The molecule has 0 radical (unpaired) electrons. The summed E-state index contributed by atoms with van der Waals surface area (Å²) in [6.45, 7) is 0.936. The SMILES string of the molecule is CC(NC(=O)C(F)(F)F)C(=O)O. The molecule has 0 saturated heterocycles. The van der Waals surface area contributed by atoms with Crippen LogP contribution in [0.5, 0.6) is 0 Å². The molecule has 0 aromatic carbocycles. The number of alkyl halides is 3. The van der Waals surface area contributed by atoms with Crippen LogP contribution in [0.25, 0.3) is 0 Å². The molecule has 1 amide bonds. The summed E-state index contributed by atoms with van der Waals surface area (Å²) in [6, 6.07) is -1.54. The van der Waals surface area contributed by atoms with Crippen molar-refractivity contribution < 1.29 is 27.9 Å². The standard InChI is InChI=1S/C5H6F3NO3/c1-2(3(10)11)9-4(12)5(6,7)8/h2H,1H3,(H,9,12)(H,10,11). The van der Waals surface area contributed by atoms with Gasteiger partial charge in [0.1, 0.15) is 6.04 Å². The van der Waals surface area contributed by atoms with Crippen LogP contribution < -0.4 is 5.32 Å². The highest BCUT2D eigenvalue weighted by molar-refractivity contribution is 5.86. The molecule has 1 atom stereocenters. The minimum Gasteiger partial charge on any atom is -0.480 e. The van der Waals surface area contributed by atoms with E-state index in [0.717, 1.165) is 6.92 Å². The number of carboxylic acids is 1. The minimum absolute atomic E-state index is 0.936. The lowest BCUT2D eigenvalue weighted by Gasteiger charge is -2.10. The van der Waals surface area contributed by atoms with Crippen LogP contribution in [0, 0.1) is 0 Å². The number of hydrogen-bond donors (Lipinski definition) is 2. The summed E-state index contributed by atoms with van der Waals surface area (Å²) in [5.41, 5.74) is 0. The molecule has 0 bridgehead atoms. The van der Waals surface area contributed by atoms with Gasteiger partial charge in [0.2, 0.25) is 0 Å². The zero-order chi connectivity index (χ0) is 9.94. The Morgan fingerprint density at radius 3 is 2.08 bits per heavy atom. The summed E-state index contributed by atoms with van der Waals surface area (Å²) >= 11 is 0. The lowest BCUT2D eigenvalue weighted by molar-refractivity contribution is -0.175. The summed E-state index contributed by atoms with van der Waals surface area (Å²) in [6.07, 6.45) is -5.04. The van der Waals surface area contributed by atoms with Crippen molar-refractivity contribution in [1.82, 2.24) is 5.32 Å². The molecule has 70 valence electrons. The first-order valence-electron chi connectivity index (χ1n) is 2.85. The molecule has 0 rings (SSSR count). The van der Waals surface area contributed by atoms with Crippen LogP contribution in [0.4, 0.5) is 13.2 Å². The Hall–Kier alpha value is -1.27. The van der Waals surface area contributed by atoms with Gasteiger partial charge in [0.05, 0.1) is 0 Å². The quantitative estimate of drug-likeness (QED) is 0.642. The monoisotopic (exact) mass is 185 g/mol. The molecule has 2 N–H and O–H groups in total. The number of amides is 1. The third-order valence-corrected chi connectivity index (χ3v) is 0.975. The minimum atomic E-state index is -5.04. The van der Waals surface area contributed by atoms with E-state index in [4.69, 9.17) is 5.11 Å². The van der Waals surface area contributed by atoms with Crippen LogP contribution in [0.3, 0.4) is 0 Å². The molecule has 1 unspecified atom stereocenters. The van der Waals surface area contributed by atoms with Crippen molar-refractivity contribution in [2.45, 2.75) is 19.1 Å². The number of carboxylic acid groups (broad SMARTS) is 1. The van der Waals surface area contributed by atoms with Gasteiger partial charge >= 0.3 is 18.1 Å². The Kier molecular flexibility index (Phi) is 3.06. The fourth-order valence-electron chi connectivity index (χ4n) is 0.340. The summed E-state index contributed by atoms with van der Waals surface area (Å²) in [5, 5.41) is 9.37. The Balaban J connectivity index is 4.11. The first-order chi connectivity index (χ1) is 5.25. The maximum Gasteiger partial charge on any atom is 0.471 e. The van der Waals surface area contributed by atoms with E-state index < -0.39 is 24.1 Å². The molecule has 0 heterocycles. The zero-order valence-corrected chi connectivity index (χ0v) is 5.97. The van der Waals surface area contributed by atoms with Crippen molar-refractivity contribution in [2.24, 2.45) is 0 Å². The second kappa shape index (κ2) is 3.42. The normalized spacial score (nSPS) is 13.7. The van der Waals surface area contributed by atoms with Gasteiger partial charge in [-0.25, -0.2) is 0 Å². The number of aliphatic carboxylic acids is 1. The van der Waals surface area contributed by atoms with E-state index in [1.807, 2.05) is 0 Å². The fraction of sp³-hybridized carbons (Fsp3) is 0.600. The number of halogens is 3. The fourth-order valence-corrected chi connectivity index (χ4v) is 0.340. The number of carbonyl (C=O) groups is 2. The van der Waals surface area contributed by atoms with Crippen molar-refractivity contribution in [3.05, 3.63) is 0 Å². The van der Waals surface area contributed by atoms with Gasteiger partial charge in [-0.3, -0.25) is 9.59 Å². The molecule has 0 spiro atoms. The highest BCUT2D eigenvalue weighted by Crippen LogP contribution is 2.14. The predicted molar refractivity (Wildman–Crippen MR) is 31.3 cm³/mol. The van der Waals surface area contributed by atoms with Crippen molar-refractivity contribution in [3.63, 3.8) is 0 Å². The molecule has 0 saturated carbocycles. The summed E-state index contributed by atoms with van der Waals surface area (Å²) in [7, 11) is 0. The summed E-state index contributed by atoms with van der Waals surface area (Å²) < 4.78 is 34.4. The molecule has 0 fully saturated rings. The number of carbonyl (C=O) groups excluding carboxylic acids is 1. The molecule has 0 aliphatic rings. The highest BCUT2D eigenvalue weighted by Gasteiger charge is 2.39. The van der Waals surface area contributed by atoms with Crippen LogP contribution in [0.1, 0.15) is 6.92 Å². The summed E-state index contributed by atoms with van der Waals surface area (Å²) in [5.74, 6) is -3.77. The van der Waals surface area contributed by atoms with E-state index in [2.05, 4.69) is 0 Å². The van der Waals surface area contributed by atoms with Crippen LogP contribution in [-0.2, 0) is 9.59 Å². The first kappa shape index (κ1) is 10.7. The maximum atomic E-state index is 11.5. The van der Waals surface area contributed by atoms with Gasteiger partial charge in [-0.2, -0.15) is 13.2 Å². The molecule has 0 aromatic heterocycles. The Bertz CT molecular complexity index is 201. The van der Waals surface area contributed by atoms with E-state index in [0.29, 0.717) is 0 Å². The first-order valence-corrected chi connectivity index (χ1v) is 2.85. The average molecular weight is 185 g/mol. The van der Waals surface area contributed by atoms with E-state index in [-0.39, 0.29) is 0 Å². The number of rotatable bonds is 2. The van der Waals surface area contributed by atoms with Crippen LogP contribution >= 0.6 is 0 Å². The largest absolute Gasteiger partial charge is 0.480 e. The molecular weight excluding hydrogens is 179 g/mol. The molecule has 12 heavy (non-hydrogen) atoms. The molecule has 0 aromatic rings. The maximum absolute atomic E-state index is 11.5. The zero-order valence-electron chi connectivity index (χ0n) is 5.97.